The summed E-state index contributed by atoms with van der Waals surface area (Å²) < 4.78 is 0. The van der Waals surface area contributed by atoms with Gasteiger partial charge in [0.1, 0.15) is 5.69 Å². The van der Waals surface area contributed by atoms with Gasteiger partial charge in [-0.3, -0.25) is 14.6 Å². The number of carbonyl (C=O) groups excluding carboxylic acids is 2. The molecule has 1 aliphatic heterocycles. The second-order valence-electron chi connectivity index (χ2n) is 8.99. The number of hydrogen-bond donors (Lipinski definition) is 4. The Hall–Kier alpha value is -3.01. The Balaban J connectivity index is 1.56. The minimum atomic E-state index is -1.26. The molecule has 5 N–H and O–H groups in total. The molecule has 0 spiro atoms. The molecule has 1 aromatic heterocycles. The molecule has 35 heavy (non-hydrogen) atoms. The fourth-order valence-electron chi connectivity index (χ4n) is 4.54. The summed E-state index contributed by atoms with van der Waals surface area (Å²) in [7, 11) is 0. The van der Waals surface area contributed by atoms with Gasteiger partial charge in [-0.05, 0) is 54.9 Å². The molecule has 0 unspecified atom stereocenters. The maximum absolute atomic E-state index is 13.1. The van der Waals surface area contributed by atoms with Crippen LogP contribution in [-0.2, 0) is 11.2 Å². The number of nitrogens with zero attached hydrogens (tertiary/aromatic N) is 2. The topological polar surface area (TPSA) is 138 Å². The molecular formula is C26H30N4O4S. The Labute approximate surface area is 208 Å². The molecule has 2 amide bonds. The first-order chi connectivity index (χ1) is 16.9. The lowest BCUT2D eigenvalue weighted by Crippen LogP contribution is -2.52. The van der Waals surface area contributed by atoms with Crippen molar-refractivity contribution in [2.75, 3.05) is 11.5 Å². The highest BCUT2D eigenvalue weighted by atomic mass is 32.2. The Morgan fingerprint density at radius 2 is 1.71 bits per heavy atom. The third-order valence-corrected chi connectivity index (χ3v) is 7.57. The van der Waals surface area contributed by atoms with E-state index in [-0.39, 0.29) is 12.1 Å². The largest absolute Gasteiger partial charge is 0.391 e. The van der Waals surface area contributed by atoms with E-state index in [1.165, 1.54) is 6.20 Å². The molecule has 0 saturated carbocycles. The predicted molar refractivity (Wildman–Crippen MR) is 136 cm³/mol. The fourth-order valence-corrected chi connectivity index (χ4v) is 5.74. The predicted octanol–water partition coefficient (Wildman–Crippen LogP) is 2.08. The molecule has 0 radical (unpaired) electrons. The van der Waals surface area contributed by atoms with Crippen LogP contribution in [0, 0.1) is 5.92 Å². The molecule has 184 valence electrons. The van der Waals surface area contributed by atoms with Crippen LogP contribution in [-0.4, -0.2) is 61.2 Å². The lowest BCUT2D eigenvalue weighted by atomic mass is 9.77. The summed E-state index contributed by atoms with van der Waals surface area (Å²) in [5.41, 5.74) is 6.71. The number of rotatable bonds is 9. The van der Waals surface area contributed by atoms with Crippen molar-refractivity contribution in [3.63, 3.8) is 0 Å². The van der Waals surface area contributed by atoms with Crippen LogP contribution in [0.2, 0.25) is 0 Å². The van der Waals surface area contributed by atoms with E-state index >= 15 is 0 Å². The number of nitrogens with two attached hydrogens (primary N) is 1. The number of fused-ring (bicyclic) bond motifs is 1. The first-order valence-corrected chi connectivity index (χ1v) is 12.9. The number of nitrogens with one attached hydrogen (secondary N) is 1. The highest BCUT2D eigenvalue weighted by Crippen LogP contribution is 2.36. The minimum absolute atomic E-state index is 0.0579. The van der Waals surface area contributed by atoms with Gasteiger partial charge < -0.3 is 21.3 Å². The van der Waals surface area contributed by atoms with Crippen molar-refractivity contribution in [1.29, 1.82) is 0 Å². The maximum atomic E-state index is 13.1. The SMILES string of the molecule is NC(=O)[C@@H](C[C@H](O)[C@H](Cc1ccccc1)NC(=O)c1cnc2ccccc2n1)C1(O)CCSCC1. The van der Waals surface area contributed by atoms with E-state index in [4.69, 9.17) is 5.73 Å². The third kappa shape index (κ3) is 6.17. The second kappa shape index (κ2) is 11.2. The summed E-state index contributed by atoms with van der Waals surface area (Å²) in [6.45, 7) is 0. The molecule has 0 bridgehead atoms. The molecule has 0 aliphatic carbocycles. The van der Waals surface area contributed by atoms with E-state index in [1.807, 2.05) is 48.5 Å². The van der Waals surface area contributed by atoms with Crippen LogP contribution in [0.1, 0.15) is 35.3 Å². The molecule has 3 atom stereocenters. The monoisotopic (exact) mass is 494 g/mol. The average Bonchev–Trinajstić information content (AvgIpc) is 2.87. The number of thioether (sulfide) groups is 1. The summed E-state index contributed by atoms with van der Waals surface area (Å²) in [5, 5.41) is 25.3. The van der Waals surface area contributed by atoms with Crippen LogP contribution in [0.5, 0.6) is 0 Å². The highest BCUT2D eigenvalue weighted by molar-refractivity contribution is 7.99. The zero-order valence-electron chi connectivity index (χ0n) is 19.3. The molecule has 4 rings (SSSR count). The number of primary amides is 1. The molecule has 2 heterocycles. The van der Waals surface area contributed by atoms with E-state index in [2.05, 4.69) is 15.3 Å². The quantitative estimate of drug-likeness (QED) is 0.357. The van der Waals surface area contributed by atoms with Crippen LogP contribution in [0.25, 0.3) is 11.0 Å². The number of aliphatic hydroxyl groups excluding tert-OH is 1. The first kappa shape index (κ1) is 25.1. The van der Waals surface area contributed by atoms with Gasteiger partial charge in [0.2, 0.25) is 5.91 Å². The Bertz CT molecular complexity index is 1170. The Morgan fingerprint density at radius 1 is 1.06 bits per heavy atom. The average molecular weight is 495 g/mol. The highest BCUT2D eigenvalue weighted by Gasteiger charge is 2.43. The summed E-state index contributed by atoms with van der Waals surface area (Å²) in [4.78, 5) is 34.1. The van der Waals surface area contributed by atoms with Crippen molar-refractivity contribution in [3.05, 3.63) is 72.1 Å². The van der Waals surface area contributed by atoms with Crippen LogP contribution in [0.3, 0.4) is 0 Å². The van der Waals surface area contributed by atoms with E-state index in [0.717, 1.165) is 17.1 Å². The van der Waals surface area contributed by atoms with E-state index in [0.29, 0.717) is 30.3 Å². The van der Waals surface area contributed by atoms with Gasteiger partial charge in [-0.25, -0.2) is 4.98 Å². The van der Waals surface area contributed by atoms with Crippen molar-refractivity contribution < 1.29 is 19.8 Å². The maximum Gasteiger partial charge on any atom is 0.271 e. The van der Waals surface area contributed by atoms with E-state index < -0.39 is 35.5 Å². The first-order valence-electron chi connectivity index (χ1n) is 11.7. The third-order valence-electron chi connectivity index (χ3n) is 6.59. The molecule has 9 heteroatoms. The lowest BCUT2D eigenvalue weighted by Gasteiger charge is -2.39. The Kier molecular flexibility index (Phi) is 8.00. The van der Waals surface area contributed by atoms with Crippen molar-refractivity contribution >= 4 is 34.6 Å². The van der Waals surface area contributed by atoms with Crippen molar-refractivity contribution in [3.8, 4) is 0 Å². The van der Waals surface area contributed by atoms with Gasteiger partial charge in [0.05, 0.1) is 40.9 Å². The number of carbonyl (C=O) groups is 2. The van der Waals surface area contributed by atoms with Crippen molar-refractivity contribution in [1.82, 2.24) is 15.3 Å². The van der Waals surface area contributed by atoms with Crippen LogP contribution in [0.4, 0.5) is 0 Å². The van der Waals surface area contributed by atoms with E-state index in [9.17, 15) is 19.8 Å². The van der Waals surface area contributed by atoms with Crippen molar-refractivity contribution in [2.24, 2.45) is 11.7 Å². The van der Waals surface area contributed by atoms with Gasteiger partial charge >= 0.3 is 0 Å². The van der Waals surface area contributed by atoms with Crippen molar-refractivity contribution in [2.45, 2.75) is 43.4 Å². The molecule has 1 saturated heterocycles. The molecular weight excluding hydrogens is 464 g/mol. The lowest BCUT2D eigenvalue weighted by molar-refractivity contribution is -0.135. The number of para-hydroxylation sites is 2. The van der Waals surface area contributed by atoms with Gasteiger partial charge in [0.25, 0.3) is 5.91 Å². The fraction of sp³-hybridized carbons (Fsp3) is 0.385. The normalized spacial score (nSPS) is 17.9. The second-order valence-corrected chi connectivity index (χ2v) is 10.2. The van der Waals surface area contributed by atoms with Crippen LogP contribution in [0.15, 0.2) is 60.8 Å². The number of amides is 2. The van der Waals surface area contributed by atoms with Crippen LogP contribution < -0.4 is 11.1 Å². The van der Waals surface area contributed by atoms with E-state index in [1.54, 1.807) is 17.8 Å². The van der Waals surface area contributed by atoms with Gasteiger partial charge in [-0.2, -0.15) is 11.8 Å². The zero-order valence-corrected chi connectivity index (χ0v) is 20.2. The minimum Gasteiger partial charge on any atom is -0.391 e. The number of aliphatic hydroxyl groups is 2. The van der Waals surface area contributed by atoms with Gasteiger partial charge in [-0.15, -0.1) is 0 Å². The van der Waals surface area contributed by atoms with Gasteiger partial charge in [-0.1, -0.05) is 42.5 Å². The zero-order chi connectivity index (χ0) is 24.8. The summed E-state index contributed by atoms with van der Waals surface area (Å²) in [6.07, 6.45) is 1.41. The van der Waals surface area contributed by atoms with Gasteiger partial charge in [0.15, 0.2) is 0 Å². The summed E-state index contributed by atoms with van der Waals surface area (Å²) in [5.74, 6) is -0.605. The molecule has 8 nitrogen and oxygen atoms in total. The Morgan fingerprint density at radius 3 is 2.40 bits per heavy atom. The van der Waals surface area contributed by atoms with Crippen LogP contribution >= 0.6 is 11.8 Å². The number of aromatic nitrogens is 2. The standard InChI is InChI=1S/C26H30N4O4S/c27-24(32)18(26(34)10-12-35-13-11-26)15-23(31)21(14-17-6-2-1-3-7-17)30-25(33)22-16-28-19-8-4-5-9-20(19)29-22/h1-9,16,18,21,23,31,34H,10-15H2,(H2,27,32)(H,30,33)/t18-,21+,23+/m1/s1. The number of hydrogen-bond acceptors (Lipinski definition) is 7. The molecule has 3 aromatic rings. The number of benzene rings is 2. The molecule has 1 fully saturated rings. The molecule has 1 aliphatic rings. The smallest absolute Gasteiger partial charge is 0.271 e. The van der Waals surface area contributed by atoms with Gasteiger partial charge in [0, 0.05) is 0 Å². The summed E-state index contributed by atoms with van der Waals surface area (Å²) in [6, 6.07) is 16.0. The summed E-state index contributed by atoms with van der Waals surface area (Å²) >= 11 is 1.72. The molecule has 2 aromatic carbocycles.